The summed E-state index contributed by atoms with van der Waals surface area (Å²) in [6.45, 7) is 0.962. The first-order valence-electron chi connectivity index (χ1n) is 9.45. The number of methoxy groups -OCH3 is 2. The first kappa shape index (κ1) is 20.0. The Morgan fingerprint density at radius 2 is 2.00 bits per heavy atom. The van der Waals surface area contributed by atoms with Gasteiger partial charge in [-0.15, -0.1) is 0 Å². The molecule has 0 saturated heterocycles. The number of nitriles is 1. The van der Waals surface area contributed by atoms with Gasteiger partial charge in [-0.25, -0.2) is 4.98 Å². The van der Waals surface area contributed by atoms with Crippen LogP contribution in [0.2, 0.25) is 0 Å². The SMILES string of the molecule is COc1ccc(Nc2ncc(C(N)=O)c(N3Cc4cccc(C#N)c4C3)n2)cc1OC. The molecule has 1 aliphatic rings. The molecule has 3 aromatic rings. The number of nitrogens with zero attached hydrogens (tertiary/aromatic N) is 4. The number of fused-ring (bicyclic) bond motifs is 1. The Morgan fingerprint density at radius 1 is 1.19 bits per heavy atom. The quantitative estimate of drug-likeness (QED) is 0.628. The number of rotatable bonds is 6. The van der Waals surface area contributed by atoms with Gasteiger partial charge in [-0.2, -0.15) is 10.2 Å². The molecule has 0 radical (unpaired) electrons. The lowest BCUT2D eigenvalue weighted by molar-refractivity contribution is 0.1000. The summed E-state index contributed by atoms with van der Waals surface area (Å²) in [5.74, 6) is 1.24. The third-order valence-corrected chi connectivity index (χ3v) is 5.08. The van der Waals surface area contributed by atoms with Crippen LogP contribution < -0.4 is 25.4 Å². The van der Waals surface area contributed by atoms with Gasteiger partial charge in [0.15, 0.2) is 11.5 Å². The van der Waals surface area contributed by atoms with E-state index in [0.29, 0.717) is 47.6 Å². The molecule has 2 heterocycles. The molecule has 0 unspecified atom stereocenters. The van der Waals surface area contributed by atoms with Crippen molar-refractivity contribution in [3.05, 3.63) is 64.8 Å². The number of nitrogens with one attached hydrogen (secondary N) is 1. The highest BCUT2D eigenvalue weighted by Crippen LogP contribution is 2.33. The number of amides is 1. The van der Waals surface area contributed by atoms with Gasteiger partial charge >= 0.3 is 0 Å². The minimum absolute atomic E-state index is 0.212. The maximum absolute atomic E-state index is 12.0. The first-order valence-corrected chi connectivity index (χ1v) is 9.45. The van der Waals surface area contributed by atoms with Gasteiger partial charge in [-0.1, -0.05) is 12.1 Å². The number of anilines is 3. The van der Waals surface area contributed by atoms with Crippen LogP contribution in [0.25, 0.3) is 0 Å². The Hall–Kier alpha value is -4.32. The van der Waals surface area contributed by atoms with Crippen LogP contribution in [0.5, 0.6) is 11.5 Å². The summed E-state index contributed by atoms with van der Waals surface area (Å²) in [7, 11) is 3.12. The highest BCUT2D eigenvalue weighted by molar-refractivity contribution is 5.97. The topological polar surface area (TPSA) is 126 Å². The Bertz CT molecular complexity index is 1200. The van der Waals surface area contributed by atoms with Crippen molar-refractivity contribution in [1.82, 2.24) is 9.97 Å². The van der Waals surface area contributed by atoms with Gasteiger partial charge in [0, 0.05) is 31.0 Å². The fourth-order valence-electron chi connectivity index (χ4n) is 3.57. The molecule has 3 N–H and O–H groups in total. The highest BCUT2D eigenvalue weighted by Gasteiger charge is 2.26. The molecule has 1 aliphatic heterocycles. The van der Waals surface area contributed by atoms with E-state index in [2.05, 4.69) is 21.4 Å². The number of nitrogens with two attached hydrogens (primary N) is 1. The second-order valence-electron chi connectivity index (χ2n) is 6.90. The van der Waals surface area contributed by atoms with E-state index in [1.165, 1.54) is 6.20 Å². The fourth-order valence-corrected chi connectivity index (χ4v) is 3.57. The lowest BCUT2D eigenvalue weighted by atomic mass is 10.1. The average molecular weight is 416 g/mol. The number of benzene rings is 2. The van der Waals surface area contributed by atoms with E-state index in [0.717, 1.165) is 11.1 Å². The maximum Gasteiger partial charge on any atom is 0.254 e. The summed E-state index contributed by atoms with van der Waals surface area (Å²) in [6, 6.07) is 13.1. The molecule has 156 valence electrons. The van der Waals surface area contributed by atoms with Gasteiger partial charge < -0.3 is 25.4 Å². The number of carbonyl (C=O) groups excluding carboxylic acids is 1. The summed E-state index contributed by atoms with van der Waals surface area (Å²) in [6.07, 6.45) is 1.40. The molecular formula is C22H20N6O3. The summed E-state index contributed by atoms with van der Waals surface area (Å²) >= 11 is 0. The van der Waals surface area contributed by atoms with E-state index in [4.69, 9.17) is 15.2 Å². The monoisotopic (exact) mass is 416 g/mol. The standard InChI is InChI=1S/C22H20N6O3/c1-30-18-7-6-15(8-19(18)31-2)26-22-25-10-16(20(24)29)21(27-22)28-11-14-5-3-4-13(9-23)17(14)12-28/h3-8,10H,11-12H2,1-2H3,(H2,24,29)(H,25,26,27). The molecular weight excluding hydrogens is 396 g/mol. The summed E-state index contributed by atoms with van der Waals surface area (Å²) in [5, 5.41) is 12.5. The fraction of sp³-hybridized carbons (Fsp3) is 0.182. The Kier molecular flexibility index (Phi) is 5.28. The van der Waals surface area contributed by atoms with Gasteiger partial charge in [-0.05, 0) is 29.3 Å². The Labute approximate surface area is 179 Å². The largest absolute Gasteiger partial charge is 0.493 e. The molecule has 0 atom stereocenters. The van der Waals surface area contributed by atoms with Crippen LogP contribution in [0.15, 0.2) is 42.6 Å². The van der Waals surface area contributed by atoms with Crippen LogP contribution in [0.3, 0.4) is 0 Å². The lowest BCUT2D eigenvalue weighted by Gasteiger charge is -2.20. The predicted octanol–water partition coefficient (Wildman–Crippen LogP) is 2.73. The van der Waals surface area contributed by atoms with Gasteiger partial charge in [0.05, 0.1) is 25.9 Å². The molecule has 1 amide bonds. The zero-order chi connectivity index (χ0) is 22.0. The third kappa shape index (κ3) is 3.79. The van der Waals surface area contributed by atoms with Gasteiger partial charge in [0.25, 0.3) is 5.91 Å². The molecule has 0 aliphatic carbocycles. The maximum atomic E-state index is 12.0. The van der Waals surface area contributed by atoms with Crippen LogP contribution in [-0.4, -0.2) is 30.1 Å². The van der Waals surface area contributed by atoms with Crippen molar-refractivity contribution in [2.24, 2.45) is 5.73 Å². The highest BCUT2D eigenvalue weighted by atomic mass is 16.5. The summed E-state index contributed by atoms with van der Waals surface area (Å²) < 4.78 is 10.6. The number of hydrogen-bond donors (Lipinski definition) is 2. The molecule has 0 saturated carbocycles. The second kappa shape index (κ2) is 8.20. The van der Waals surface area contributed by atoms with E-state index in [1.54, 1.807) is 38.5 Å². The van der Waals surface area contributed by atoms with E-state index in [9.17, 15) is 10.1 Å². The number of carbonyl (C=O) groups is 1. The van der Waals surface area contributed by atoms with Crippen molar-refractivity contribution < 1.29 is 14.3 Å². The van der Waals surface area contributed by atoms with Crippen molar-refractivity contribution in [3.8, 4) is 17.6 Å². The summed E-state index contributed by atoms with van der Waals surface area (Å²) in [5.41, 5.74) is 9.02. The number of ether oxygens (including phenoxy) is 2. The Balaban J connectivity index is 1.67. The van der Waals surface area contributed by atoms with Crippen molar-refractivity contribution in [2.75, 3.05) is 24.4 Å². The van der Waals surface area contributed by atoms with E-state index in [-0.39, 0.29) is 5.56 Å². The van der Waals surface area contributed by atoms with Crippen LogP contribution >= 0.6 is 0 Å². The molecule has 4 rings (SSSR count). The van der Waals surface area contributed by atoms with Crippen LogP contribution in [0.1, 0.15) is 27.0 Å². The lowest BCUT2D eigenvalue weighted by Crippen LogP contribution is -2.23. The number of hydrogen-bond acceptors (Lipinski definition) is 8. The van der Waals surface area contributed by atoms with E-state index >= 15 is 0 Å². The zero-order valence-corrected chi connectivity index (χ0v) is 17.0. The summed E-state index contributed by atoms with van der Waals surface area (Å²) in [4.78, 5) is 22.7. The first-order chi connectivity index (χ1) is 15.0. The normalized spacial score (nSPS) is 12.1. The second-order valence-corrected chi connectivity index (χ2v) is 6.90. The molecule has 2 aromatic carbocycles. The number of primary amides is 1. The predicted molar refractivity (Wildman–Crippen MR) is 114 cm³/mol. The van der Waals surface area contributed by atoms with Crippen LogP contribution in [0.4, 0.5) is 17.5 Å². The minimum atomic E-state index is -0.621. The minimum Gasteiger partial charge on any atom is -0.493 e. The molecule has 9 nitrogen and oxygen atoms in total. The van der Waals surface area contributed by atoms with E-state index < -0.39 is 5.91 Å². The average Bonchev–Trinajstić information content (AvgIpc) is 3.23. The van der Waals surface area contributed by atoms with Crippen LogP contribution in [-0.2, 0) is 13.1 Å². The van der Waals surface area contributed by atoms with Gasteiger partial charge in [0.1, 0.15) is 11.4 Å². The Morgan fingerprint density at radius 3 is 2.71 bits per heavy atom. The molecule has 9 heteroatoms. The molecule has 31 heavy (non-hydrogen) atoms. The van der Waals surface area contributed by atoms with Crippen LogP contribution in [0, 0.1) is 11.3 Å². The van der Waals surface area contributed by atoms with Crippen molar-refractivity contribution >= 4 is 23.4 Å². The van der Waals surface area contributed by atoms with Crippen molar-refractivity contribution in [3.63, 3.8) is 0 Å². The molecule has 1 aromatic heterocycles. The van der Waals surface area contributed by atoms with Crippen molar-refractivity contribution in [2.45, 2.75) is 13.1 Å². The molecule has 0 fully saturated rings. The zero-order valence-electron chi connectivity index (χ0n) is 17.0. The van der Waals surface area contributed by atoms with E-state index in [1.807, 2.05) is 17.0 Å². The van der Waals surface area contributed by atoms with Crippen molar-refractivity contribution in [1.29, 1.82) is 5.26 Å². The van der Waals surface area contributed by atoms with Gasteiger partial charge in [0.2, 0.25) is 5.95 Å². The molecule has 0 spiro atoms. The smallest absolute Gasteiger partial charge is 0.254 e. The third-order valence-electron chi connectivity index (χ3n) is 5.08. The number of aromatic nitrogens is 2. The van der Waals surface area contributed by atoms with Gasteiger partial charge in [-0.3, -0.25) is 4.79 Å². The molecule has 0 bridgehead atoms.